The molecule has 2 aromatic rings. The number of hydrogen-bond acceptors (Lipinski definition) is 6. The molecule has 1 heterocycles. The Hall–Kier alpha value is -2.19. The van der Waals surface area contributed by atoms with Gasteiger partial charge in [0.2, 0.25) is 10.0 Å². The van der Waals surface area contributed by atoms with Gasteiger partial charge in [-0.1, -0.05) is 0 Å². The van der Waals surface area contributed by atoms with E-state index in [0.717, 1.165) is 0 Å². The van der Waals surface area contributed by atoms with Crippen LogP contribution in [0.5, 0.6) is 0 Å². The molecule has 1 aromatic heterocycles. The van der Waals surface area contributed by atoms with Gasteiger partial charge in [0.15, 0.2) is 0 Å². The van der Waals surface area contributed by atoms with Crippen molar-refractivity contribution in [3.63, 3.8) is 0 Å². The number of nitrogens with one attached hydrogen (secondary N) is 2. The standard InChI is InChI=1S/C12H15N5O2S/c1-14-20(18,19)12-7-9(13)4-5-11(12)15-8-10-3-2-6-16-17-10/h2-7,14-15H,8,13H2,1H3. The monoisotopic (exact) mass is 293 g/mol. The third kappa shape index (κ3) is 3.22. The number of sulfonamides is 1. The lowest BCUT2D eigenvalue weighted by Crippen LogP contribution is -2.20. The number of aromatic nitrogens is 2. The predicted octanol–water partition coefficient (Wildman–Crippen LogP) is 0.579. The molecule has 0 unspecified atom stereocenters. The Balaban J connectivity index is 2.28. The number of rotatable bonds is 5. The third-order valence-corrected chi connectivity index (χ3v) is 4.11. The van der Waals surface area contributed by atoms with Gasteiger partial charge in [-0.2, -0.15) is 10.2 Å². The molecule has 1 aromatic carbocycles. The molecule has 0 amide bonds. The summed E-state index contributed by atoms with van der Waals surface area (Å²) in [7, 11) is -2.23. The zero-order valence-corrected chi connectivity index (χ0v) is 11.7. The summed E-state index contributed by atoms with van der Waals surface area (Å²) in [5.74, 6) is 0. The van der Waals surface area contributed by atoms with Crippen LogP contribution < -0.4 is 15.8 Å². The van der Waals surface area contributed by atoms with Crippen LogP contribution in [0, 0.1) is 0 Å². The van der Waals surface area contributed by atoms with Gasteiger partial charge in [0.25, 0.3) is 0 Å². The van der Waals surface area contributed by atoms with E-state index in [9.17, 15) is 8.42 Å². The van der Waals surface area contributed by atoms with Crippen LogP contribution in [0.3, 0.4) is 0 Å². The van der Waals surface area contributed by atoms with Crippen molar-refractivity contribution in [2.24, 2.45) is 0 Å². The smallest absolute Gasteiger partial charge is 0.242 e. The Bertz CT molecular complexity index is 688. The summed E-state index contributed by atoms with van der Waals surface area (Å²) in [4.78, 5) is 0.101. The van der Waals surface area contributed by atoms with E-state index < -0.39 is 10.0 Å². The van der Waals surface area contributed by atoms with Gasteiger partial charge in [0.1, 0.15) is 4.90 Å². The maximum Gasteiger partial charge on any atom is 0.242 e. The van der Waals surface area contributed by atoms with Gasteiger partial charge in [-0.25, -0.2) is 13.1 Å². The van der Waals surface area contributed by atoms with Gasteiger partial charge >= 0.3 is 0 Å². The van der Waals surface area contributed by atoms with Crippen LogP contribution in [0.2, 0.25) is 0 Å². The topological polar surface area (TPSA) is 110 Å². The van der Waals surface area contributed by atoms with Crippen molar-refractivity contribution in [1.29, 1.82) is 0 Å². The molecule has 0 aliphatic heterocycles. The van der Waals surface area contributed by atoms with Crippen molar-refractivity contribution in [2.45, 2.75) is 11.4 Å². The van der Waals surface area contributed by atoms with Crippen LogP contribution in [0.15, 0.2) is 41.4 Å². The van der Waals surface area contributed by atoms with Crippen LogP contribution >= 0.6 is 0 Å². The Morgan fingerprint density at radius 2 is 2.10 bits per heavy atom. The average Bonchev–Trinajstić information content (AvgIpc) is 2.47. The van der Waals surface area contributed by atoms with Crippen molar-refractivity contribution in [3.05, 3.63) is 42.2 Å². The van der Waals surface area contributed by atoms with E-state index >= 15 is 0 Å². The van der Waals surface area contributed by atoms with Gasteiger partial charge < -0.3 is 11.1 Å². The fourth-order valence-corrected chi connectivity index (χ4v) is 2.57. The molecule has 106 valence electrons. The van der Waals surface area contributed by atoms with Crippen LogP contribution in [0.4, 0.5) is 11.4 Å². The van der Waals surface area contributed by atoms with Crippen molar-refractivity contribution in [2.75, 3.05) is 18.1 Å². The average molecular weight is 293 g/mol. The fourth-order valence-electron chi connectivity index (χ4n) is 1.63. The molecule has 0 radical (unpaired) electrons. The number of nitrogens with two attached hydrogens (primary N) is 1. The van der Waals surface area contributed by atoms with Crippen LogP contribution in [0.25, 0.3) is 0 Å². The number of nitrogen functional groups attached to an aromatic ring is 1. The quantitative estimate of drug-likeness (QED) is 0.696. The molecule has 20 heavy (non-hydrogen) atoms. The van der Waals surface area contributed by atoms with E-state index in [1.54, 1.807) is 30.5 Å². The zero-order chi connectivity index (χ0) is 14.6. The van der Waals surface area contributed by atoms with Crippen molar-refractivity contribution in [3.8, 4) is 0 Å². The predicted molar refractivity (Wildman–Crippen MR) is 76.5 cm³/mol. The minimum atomic E-state index is -3.58. The third-order valence-electron chi connectivity index (χ3n) is 2.65. The molecule has 0 aliphatic carbocycles. The Morgan fingerprint density at radius 1 is 1.30 bits per heavy atom. The largest absolute Gasteiger partial charge is 0.399 e. The van der Waals surface area contributed by atoms with Crippen LogP contribution in [-0.4, -0.2) is 25.7 Å². The Labute approximate surface area is 117 Å². The highest BCUT2D eigenvalue weighted by molar-refractivity contribution is 7.89. The second-order valence-electron chi connectivity index (χ2n) is 4.03. The normalized spacial score (nSPS) is 11.2. The van der Waals surface area contributed by atoms with E-state index in [4.69, 9.17) is 5.73 Å². The molecule has 8 heteroatoms. The van der Waals surface area contributed by atoms with E-state index in [1.165, 1.54) is 13.1 Å². The van der Waals surface area contributed by atoms with Gasteiger partial charge in [0, 0.05) is 11.9 Å². The molecule has 2 rings (SSSR count). The van der Waals surface area contributed by atoms with E-state index in [1.807, 2.05) is 0 Å². The maximum absolute atomic E-state index is 12.0. The molecule has 7 nitrogen and oxygen atoms in total. The summed E-state index contributed by atoms with van der Waals surface area (Å²) >= 11 is 0. The van der Waals surface area contributed by atoms with Gasteiger partial charge in [-0.3, -0.25) is 0 Å². The SMILES string of the molecule is CNS(=O)(=O)c1cc(N)ccc1NCc1cccnn1. The summed E-state index contributed by atoms with van der Waals surface area (Å²) in [6.45, 7) is 0.365. The maximum atomic E-state index is 12.0. The summed E-state index contributed by atoms with van der Waals surface area (Å²) in [6.07, 6.45) is 1.57. The number of benzene rings is 1. The number of nitrogens with zero attached hydrogens (tertiary/aromatic N) is 2. The van der Waals surface area contributed by atoms with E-state index in [-0.39, 0.29) is 4.90 Å². The Kier molecular flexibility index (Phi) is 4.16. The highest BCUT2D eigenvalue weighted by Crippen LogP contribution is 2.24. The molecule has 4 N–H and O–H groups in total. The molecule has 0 bridgehead atoms. The molecule has 0 saturated carbocycles. The molecule has 0 spiro atoms. The molecule has 0 atom stereocenters. The molecular weight excluding hydrogens is 278 g/mol. The molecule has 0 fully saturated rings. The van der Waals surface area contributed by atoms with Gasteiger partial charge in [0.05, 0.1) is 17.9 Å². The zero-order valence-electron chi connectivity index (χ0n) is 10.9. The molecular formula is C12H15N5O2S. The highest BCUT2D eigenvalue weighted by atomic mass is 32.2. The summed E-state index contributed by atoms with van der Waals surface area (Å²) in [5, 5.41) is 10.7. The fraction of sp³-hybridized carbons (Fsp3) is 0.167. The number of hydrogen-bond donors (Lipinski definition) is 3. The van der Waals surface area contributed by atoms with Crippen molar-refractivity contribution in [1.82, 2.24) is 14.9 Å². The minimum Gasteiger partial charge on any atom is -0.399 e. The lowest BCUT2D eigenvalue weighted by molar-refractivity contribution is 0.588. The first-order chi connectivity index (χ1) is 9.53. The van der Waals surface area contributed by atoms with E-state index in [0.29, 0.717) is 23.6 Å². The Morgan fingerprint density at radius 3 is 2.75 bits per heavy atom. The van der Waals surface area contributed by atoms with Gasteiger partial charge in [-0.05, 0) is 37.4 Å². The summed E-state index contributed by atoms with van der Waals surface area (Å²) < 4.78 is 26.2. The summed E-state index contributed by atoms with van der Waals surface area (Å²) in [6, 6.07) is 8.22. The molecule has 0 aliphatic rings. The first-order valence-electron chi connectivity index (χ1n) is 5.86. The lowest BCUT2D eigenvalue weighted by Gasteiger charge is -2.12. The first-order valence-corrected chi connectivity index (χ1v) is 7.35. The minimum absolute atomic E-state index is 0.101. The van der Waals surface area contributed by atoms with Crippen LogP contribution in [0.1, 0.15) is 5.69 Å². The van der Waals surface area contributed by atoms with E-state index in [2.05, 4.69) is 20.2 Å². The van der Waals surface area contributed by atoms with Crippen LogP contribution in [-0.2, 0) is 16.6 Å². The lowest BCUT2D eigenvalue weighted by atomic mass is 10.2. The van der Waals surface area contributed by atoms with Crippen molar-refractivity contribution >= 4 is 21.4 Å². The number of anilines is 2. The molecule has 0 saturated heterocycles. The highest BCUT2D eigenvalue weighted by Gasteiger charge is 2.17. The van der Waals surface area contributed by atoms with Gasteiger partial charge in [-0.15, -0.1) is 0 Å². The second kappa shape index (κ2) is 5.85. The first kappa shape index (κ1) is 14.2. The second-order valence-corrected chi connectivity index (χ2v) is 5.89. The summed E-state index contributed by atoms with van der Waals surface area (Å²) in [5.41, 5.74) is 7.19. The van der Waals surface area contributed by atoms with Crippen molar-refractivity contribution < 1.29 is 8.42 Å².